The number of carboxylic acid groups (broad SMARTS) is 1. The fourth-order valence-electron chi connectivity index (χ4n) is 1.96. The highest BCUT2D eigenvalue weighted by atomic mass is 16.6. The zero-order chi connectivity index (χ0) is 16.0. The molecular formula is C14H21N3O4. The molecule has 0 fully saturated rings. The summed E-state index contributed by atoms with van der Waals surface area (Å²) in [5.41, 5.74) is 1.62. The summed E-state index contributed by atoms with van der Waals surface area (Å²) in [7, 11) is 3.85. The number of aryl methyl sites for hydroxylation is 1. The predicted molar refractivity (Wildman–Crippen MR) is 80.9 cm³/mol. The monoisotopic (exact) mass is 295 g/mol. The van der Waals surface area contributed by atoms with E-state index in [2.05, 4.69) is 0 Å². The Morgan fingerprint density at radius 2 is 1.95 bits per heavy atom. The topological polar surface area (TPSA) is 86.9 Å². The van der Waals surface area contributed by atoms with Gasteiger partial charge in [-0.15, -0.1) is 0 Å². The molecule has 0 heterocycles. The van der Waals surface area contributed by atoms with E-state index in [0.717, 1.165) is 12.1 Å². The SMILES string of the molecule is Cc1ccc([N+](=O)[O-])cc1N(CCC(=O)O)CCN(C)C. The summed E-state index contributed by atoms with van der Waals surface area (Å²) < 4.78 is 0. The molecule has 1 aromatic carbocycles. The number of hydrogen-bond donors (Lipinski definition) is 1. The number of nitro groups is 1. The van der Waals surface area contributed by atoms with Crippen molar-refractivity contribution in [3.05, 3.63) is 33.9 Å². The molecule has 0 saturated heterocycles. The highest BCUT2D eigenvalue weighted by Crippen LogP contribution is 2.25. The molecule has 0 atom stereocenters. The minimum Gasteiger partial charge on any atom is -0.481 e. The van der Waals surface area contributed by atoms with Crippen LogP contribution < -0.4 is 4.90 Å². The Morgan fingerprint density at radius 3 is 2.48 bits per heavy atom. The van der Waals surface area contributed by atoms with Gasteiger partial charge in [-0.3, -0.25) is 14.9 Å². The van der Waals surface area contributed by atoms with Crippen molar-refractivity contribution in [2.45, 2.75) is 13.3 Å². The number of rotatable bonds is 8. The van der Waals surface area contributed by atoms with Gasteiger partial charge in [0.2, 0.25) is 0 Å². The Kier molecular flexibility index (Phi) is 6.10. The number of benzene rings is 1. The number of anilines is 1. The molecule has 0 saturated carbocycles. The van der Waals surface area contributed by atoms with Crippen LogP contribution in [0.1, 0.15) is 12.0 Å². The normalized spacial score (nSPS) is 10.7. The molecule has 1 N–H and O–H groups in total. The third-order valence-corrected chi connectivity index (χ3v) is 3.16. The summed E-state index contributed by atoms with van der Waals surface area (Å²) in [5.74, 6) is -0.882. The van der Waals surface area contributed by atoms with Crippen molar-refractivity contribution >= 4 is 17.3 Å². The van der Waals surface area contributed by atoms with E-state index in [0.29, 0.717) is 18.8 Å². The summed E-state index contributed by atoms with van der Waals surface area (Å²) in [6, 6.07) is 4.66. The molecule has 0 aliphatic rings. The first-order chi connectivity index (χ1) is 9.81. The molecule has 7 heteroatoms. The first-order valence-electron chi connectivity index (χ1n) is 6.67. The maximum Gasteiger partial charge on any atom is 0.305 e. The first kappa shape index (κ1) is 16.9. The van der Waals surface area contributed by atoms with Crippen LogP contribution in [0.15, 0.2) is 18.2 Å². The van der Waals surface area contributed by atoms with Crippen LogP contribution in [0.25, 0.3) is 0 Å². The summed E-state index contributed by atoms with van der Waals surface area (Å²) >= 11 is 0. The minimum atomic E-state index is -0.882. The van der Waals surface area contributed by atoms with Crippen molar-refractivity contribution in [2.75, 3.05) is 38.6 Å². The molecule has 21 heavy (non-hydrogen) atoms. The lowest BCUT2D eigenvalue weighted by molar-refractivity contribution is -0.384. The minimum absolute atomic E-state index is 0.00440. The summed E-state index contributed by atoms with van der Waals surface area (Å²) in [6.07, 6.45) is -0.00440. The van der Waals surface area contributed by atoms with Gasteiger partial charge in [0.05, 0.1) is 11.3 Å². The van der Waals surface area contributed by atoms with Gasteiger partial charge in [-0.1, -0.05) is 6.07 Å². The lowest BCUT2D eigenvalue weighted by Gasteiger charge is -2.27. The van der Waals surface area contributed by atoms with E-state index < -0.39 is 10.9 Å². The number of aliphatic carboxylic acids is 1. The third-order valence-electron chi connectivity index (χ3n) is 3.16. The molecule has 0 amide bonds. The molecular weight excluding hydrogens is 274 g/mol. The van der Waals surface area contributed by atoms with Gasteiger partial charge in [0.25, 0.3) is 5.69 Å². The van der Waals surface area contributed by atoms with Crippen LogP contribution in [-0.4, -0.2) is 54.6 Å². The van der Waals surface area contributed by atoms with E-state index in [1.807, 2.05) is 30.8 Å². The van der Waals surface area contributed by atoms with Crippen molar-refractivity contribution in [2.24, 2.45) is 0 Å². The number of nitrogens with zero attached hydrogens (tertiary/aromatic N) is 3. The fourth-order valence-corrected chi connectivity index (χ4v) is 1.96. The Bertz CT molecular complexity index is 517. The van der Waals surface area contributed by atoms with Gasteiger partial charge >= 0.3 is 5.97 Å². The van der Waals surface area contributed by atoms with Gasteiger partial charge in [0, 0.05) is 37.5 Å². The second-order valence-corrected chi connectivity index (χ2v) is 5.16. The summed E-state index contributed by atoms with van der Waals surface area (Å²) in [6.45, 7) is 3.54. The zero-order valence-corrected chi connectivity index (χ0v) is 12.6. The van der Waals surface area contributed by atoms with Crippen LogP contribution in [0.5, 0.6) is 0 Å². The smallest absolute Gasteiger partial charge is 0.305 e. The van der Waals surface area contributed by atoms with Crippen LogP contribution in [0.3, 0.4) is 0 Å². The standard InChI is InChI=1S/C14H21N3O4/c1-11-4-5-12(17(20)21)10-13(11)16(7-6-14(18)19)9-8-15(2)3/h4-5,10H,6-9H2,1-3H3,(H,18,19). The fraction of sp³-hybridized carbons (Fsp3) is 0.500. The van der Waals surface area contributed by atoms with E-state index in [1.165, 1.54) is 12.1 Å². The lowest BCUT2D eigenvalue weighted by atomic mass is 10.1. The highest BCUT2D eigenvalue weighted by molar-refractivity contribution is 5.68. The average Bonchev–Trinajstić information content (AvgIpc) is 2.39. The van der Waals surface area contributed by atoms with E-state index in [4.69, 9.17) is 5.11 Å². The molecule has 0 bridgehead atoms. The second kappa shape index (κ2) is 7.58. The van der Waals surface area contributed by atoms with Crippen molar-refractivity contribution in [1.29, 1.82) is 0 Å². The lowest BCUT2D eigenvalue weighted by Crippen LogP contribution is -2.33. The van der Waals surface area contributed by atoms with E-state index in [1.54, 1.807) is 6.07 Å². The quantitative estimate of drug-likeness (QED) is 0.580. The first-order valence-corrected chi connectivity index (χ1v) is 6.67. The van der Waals surface area contributed by atoms with Crippen LogP contribution >= 0.6 is 0 Å². The van der Waals surface area contributed by atoms with Crippen LogP contribution in [0.4, 0.5) is 11.4 Å². The van der Waals surface area contributed by atoms with Gasteiger partial charge in [0.15, 0.2) is 0 Å². The number of carbonyl (C=O) groups is 1. The van der Waals surface area contributed by atoms with Crippen molar-refractivity contribution < 1.29 is 14.8 Å². The highest BCUT2D eigenvalue weighted by Gasteiger charge is 2.15. The predicted octanol–water partition coefficient (Wildman–Crippen LogP) is 1.75. The molecule has 116 valence electrons. The van der Waals surface area contributed by atoms with Crippen LogP contribution in [0, 0.1) is 17.0 Å². The van der Waals surface area contributed by atoms with E-state index in [-0.39, 0.29) is 12.1 Å². The number of nitro benzene ring substituents is 1. The molecule has 0 aromatic heterocycles. The van der Waals surface area contributed by atoms with E-state index in [9.17, 15) is 14.9 Å². The maximum absolute atomic E-state index is 10.9. The molecule has 1 aromatic rings. The number of non-ortho nitro benzene ring substituents is 1. The largest absolute Gasteiger partial charge is 0.481 e. The van der Waals surface area contributed by atoms with E-state index >= 15 is 0 Å². The Morgan fingerprint density at radius 1 is 1.29 bits per heavy atom. The second-order valence-electron chi connectivity index (χ2n) is 5.16. The van der Waals surface area contributed by atoms with Crippen molar-refractivity contribution in [3.8, 4) is 0 Å². The van der Waals surface area contributed by atoms with Gasteiger partial charge in [-0.05, 0) is 26.6 Å². The Balaban J connectivity index is 3.01. The van der Waals surface area contributed by atoms with Crippen molar-refractivity contribution in [3.63, 3.8) is 0 Å². The summed E-state index contributed by atoms with van der Waals surface area (Å²) in [5, 5.41) is 19.8. The van der Waals surface area contributed by atoms with Gasteiger partial charge < -0.3 is 14.9 Å². The molecule has 1 rings (SSSR count). The van der Waals surface area contributed by atoms with Gasteiger partial charge in [-0.25, -0.2) is 0 Å². The van der Waals surface area contributed by atoms with Gasteiger partial charge in [0.1, 0.15) is 0 Å². The number of carboxylic acids is 1. The Labute approximate surface area is 123 Å². The molecule has 0 unspecified atom stereocenters. The van der Waals surface area contributed by atoms with Crippen molar-refractivity contribution in [1.82, 2.24) is 4.90 Å². The number of hydrogen-bond acceptors (Lipinski definition) is 5. The number of likely N-dealkylation sites (N-methyl/N-ethyl adjacent to an activating group) is 1. The molecule has 0 aliphatic carbocycles. The van der Waals surface area contributed by atoms with Crippen LogP contribution in [-0.2, 0) is 4.79 Å². The molecule has 0 radical (unpaired) electrons. The third kappa shape index (κ3) is 5.39. The molecule has 0 spiro atoms. The Hall–Kier alpha value is -2.15. The molecule has 7 nitrogen and oxygen atoms in total. The van der Waals surface area contributed by atoms with Crippen LogP contribution in [0.2, 0.25) is 0 Å². The molecule has 0 aliphatic heterocycles. The zero-order valence-electron chi connectivity index (χ0n) is 12.6. The average molecular weight is 295 g/mol. The summed E-state index contributed by atoms with van der Waals surface area (Å²) in [4.78, 5) is 25.1. The maximum atomic E-state index is 10.9. The van der Waals surface area contributed by atoms with Gasteiger partial charge in [-0.2, -0.15) is 0 Å².